The van der Waals surface area contributed by atoms with Gasteiger partial charge in [0.2, 0.25) is 5.91 Å². The maximum Gasteiger partial charge on any atom is 0.318 e. The second kappa shape index (κ2) is 10.1. The van der Waals surface area contributed by atoms with E-state index in [1.54, 1.807) is 0 Å². The standard InChI is InChI=1S/C33H36N4O3/c1-33(2,3)36-32(40)37-15-14-24-23(22-10-7-11-25-28(22)18-35-30(25)38)13-12-21(29(24)19-37)17-34-31(39)27-16-26(27)20-8-5-4-6-9-20/h4-13,26-27H,14-19H2,1-3H3,(H,34,39)(H,35,38)(H,36,40)/t26-,27?/m1/s1. The molecule has 206 valence electrons. The number of carbonyl (C=O) groups excluding carboxylic acids is 3. The predicted molar refractivity (Wildman–Crippen MR) is 155 cm³/mol. The van der Waals surface area contributed by atoms with Gasteiger partial charge < -0.3 is 20.9 Å². The number of nitrogens with one attached hydrogen (secondary N) is 3. The fourth-order valence-corrected chi connectivity index (χ4v) is 6.10. The molecule has 7 nitrogen and oxygen atoms in total. The normalized spacial score (nSPS) is 19.4. The van der Waals surface area contributed by atoms with Gasteiger partial charge in [-0.05, 0) is 84.5 Å². The summed E-state index contributed by atoms with van der Waals surface area (Å²) in [7, 11) is 0. The van der Waals surface area contributed by atoms with Gasteiger partial charge in [-0.3, -0.25) is 9.59 Å². The lowest BCUT2D eigenvalue weighted by Gasteiger charge is -2.34. The van der Waals surface area contributed by atoms with Crippen LogP contribution in [0.2, 0.25) is 0 Å². The fourth-order valence-electron chi connectivity index (χ4n) is 6.10. The van der Waals surface area contributed by atoms with Crippen molar-refractivity contribution in [3.8, 4) is 11.1 Å². The second-order valence-electron chi connectivity index (χ2n) is 12.2. The van der Waals surface area contributed by atoms with Gasteiger partial charge in [0.25, 0.3) is 5.91 Å². The van der Waals surface area contributed by atoms with Crippen molar-refractivity contribution < 1.29 is 14.4 Å². The van der Waals surface area contributed by atoms with Crippen LogP contribution in [-0.4, -0.2) is 34.8 Å². The van der Waals surface area contributed by atoms with Gasteiger partial charge in [-0.1, -0.05) is 54.6 Å². The maximum atomic E-state index is 13.1. The highest BCUT2D eigenvalue weighted by molar-refractivity contribution is 6.00. The van der Waals surface area contributed by atoms with Gasteiger partial charge in [0, 0.05) is 43.2 Å². The molecule has 2 aliphatic heterocycles. The number of hydrogen-bond donors (Lipinski definition) is 3. The minimum atomic E-state index is -0.334. The lowest BCUT2D eigenvalue weighted by Crippen LogP contribution is -2.50. The van der Waals surface area contributed by atoms with Crippen LogP contribution in [0.5, 0.6) is 0 Å². The van der Waals surface area contributed by atoms with Crippen molar-refractivity contribution in [2.75, 3.05) is 6.54 Å². The van der Waals surface area contributed by atoms with Gasteiger partial charge in [0.15, 0.2) is 0 Å². The molecule has 7 heteroatoms. The third kappa shape index (κ3) is 5.08. The van der Waals surface area contributed by atoms with Crippen LogP contribution in [0.1, 0.15) is 71.3 Å². The molecule has 2 atom stereocenters. The fraction of sp³-hybridized carbons (Fsp3) is 0.364. The van der Waals surface area contributed by atoms with E-state index in [9.17, 15) is 14.4 Å². The summed E-state index contributed by atoms with van der Waals surface area (Å²) in [5.74, 6) is 0.327. The van der Waals surface area contributed by atoms with E-state index in [0.717, 1.165) is 39.8 Å². The molecule has 1 fully saturated rings. The van der Waals surface area contributed by atoms with Crippen LogP contribution >= 0.6 is 0 Å². The molecular weight excluding hydrogens is 500 g/mol. The molecule has 1 saturated carbocycles. The van der Waals surface area contributed by atoms with Gasteiger partial charge in [0.1, 0.15) is 0 Å². The van der Waals surface area contributed by atoms with Crippen LogP contribution in [0, 0.1) is 5.92 Å². The van der Waals surface area contributed by atoms with E-state index in [0.29, 0.717) is 32.6 Å². The zero-order valence-electron chi connectivity index (χ0n) is 23.3. The van der Waals surface area contributed by atoms with Gasteiger partial charge in [-0.15, -0.1) is 0 Å². The summed E-state index contributed by atoms with van der Waals surface area (Å²) in [6, 6.07) is 20.2. The van der Waals surface area contributed by atoms with E-state index >= 15 is 0 Å². The molecule has 0 bridgehead atoms. The molecule has 4 amide bonds. The van der Waals surface area contributed by atoms with Gasteiger partial charge in [-0.2, -0.15) is 0 Å². The third-order valence-corrected chi connectivity index (χ3v) is 8.22. The molecule has 40 heavy (non-hydrogen) atoms. The average Bonchev–Trinajstić information content (AvgIpc) is 3.66. The van der Waals surface area contributed by atoms with Crippen molar-refractivity contribution >= 4 is 17.8 Å². The predicted octanol–water partition coefficient (Wildman–Crippen LogP) is 4.88. The maximum absolute atomic E-state index is 13.1. The topological polar surface area (TPSA) is 90.5 Å². The Morgan fingerprint density at radius 1 is 0.925 bits per heavy atom. The Morgan fingerprint density at radius 2 is 1.68 bits per heavy atom. The Hall–Kier alpha value is -4.13. The van der Waals surface area contributed by atoms with Gasteiger partial charge in [-0.25, -0.2) is 4.79 Å². The lowest BCUT2D eigenvalue weighted by molar-refractivity contribution is -0.122. The van der Waals surface area contributed by atoms with Crippen molar-refractivity contribution in [2.24, 2.45) is 5.92 Å². The number of hydrogen-bond acceptors (Lipinski definition) is 3. The van der Waals surface area contributed by atoms with Crippen molar-refractivity contribution in [3.05, 3.63) is 94.0 Å². The number of carbonyl (C=O) groups is 3. The highest BCUT2D eigenvalue weighted by Crippen LogP contribution is 2.47. The second-order valence-corrected chi connectivity index (χ2v) is 12.2. The largest absolute Gasteiger partial charge is 0.352 e. The van der Waals surface area contributed by atoms with E-state index in [1.165, 1.54) is 11.1 Å². The first-order chi connectivity index (χ1) is 19.2. The van der Waals surface area contributed by atoms with Gasteiger partial charge >= 0.3 is 6.03 Å². The van der Waals surface area contributed by atoms with Crippen molar-refractivity contribution in [1.29, 1.82) is 0 Å². The molecule has 3 N–H and O–H groups in total. The van der Waals surface area contributed by atoms with Crippen LogP contribution in [0.25, 0.3) is 11.1 Å². The van der Waals surface area contributed by atoms with Crippen LogP contribution in [0.15, 0.2) is 60.7 Å². The smallest absolute Gasteiger partial charge is 0.318 e. The quantitative estimate of drug-likeness (QED) is 0.434. The SMILES string of the molecule is CC(C)(C)NC(=O)N1CCc2c(-c3cccc4c3CNC4=O)ccc(CNC(=O)C3C[C@@H]3c3ccccc3)c2C1. The molecule has 0 spiro atoms. The van der Waals surface area contributed by atoms with Crippen LogP contribution in [-0.2, 0) is 30.8 Å². The molecule has 3 aromatic carbocycles. The van der Waals surface area contributed by atoms with Gasteiger partial charge in [0.05, 0.1) is 0 Å². The van der Waals surface area contributed by atoms with Crippen molar-refractivity contribution in [2.45, 2.75) is 64.7 Å². The zero-order valence-corrected chi connectivity index (χ0v) is 23.3. The first-order valence-electron chi connectivity index (χ1n) is 14.1. The van der Waals surface area contributed by atoms with Crippen LogP contribution in [0.4, 0.5) is 4.79 Å². The number of nitrogens with zero attached hydrogens (tertiary/aromatic N) is 1. The Kier molecular flexibility index (Phi) is 6.61. The summed E-state index contributed by atoms with van der Waals surface area (Å²) in [6.45, 7) is 7.95. The summed E-state index contributed by atoms with van der Waals surface area (Å²) in [6.07, 6.45) is 1.58. The Morgan fingerprint density at radius 3 is 2.45 bits per heavy atom. The average molecular weight is 537 g/mol. The molecule has 6 rings (SSSR count). The molecule has 0 radical (unpaired) electrons. The van der Waals surface area contributed by atoms with E-state index in [4.69, 9.17) is 0 Å². The number of rotatable bonds is 5. The molecular formula is C33H36N4O3. The molecule has 1 unspecified atom stereocenters. The number of fused-ring (bicyclic) bond motifs is 2. The van der Waals surface area contributed by atoms with Crippen LogP contribution in [0.3, 0.4) is 0 Å². The zero-order chi connectivity index (χ0) is 28.0. The Balaban J connectivity index is 1.28. The monoisotopic (exact) mass is 536 g/mol. The van der Waals surface area contributed by atoms with Crippen LogP contribution < -0.4 is 16.0 Å². The Bertz CT molecular complexity index is 1490. The minimum Gasteiger partial charge on any atom is -0.352 e. The molecule has 0 aromatic heterocycles. The summed E-state index contributed by atoms with van der Waals surface area (Å²) < 4.78 is 0. The minimum absolute atomic E-state index is 0.00325. The van der Waals surface area contributed by atoms with E-state index in [2.05, 4.69) is 46.3 Å². The molecule has 3 aromatic rings. The molecule has 2 heterocycles. The summed E-state index contributed by atoms with van der Waals surface area (Å²) in [5.41, 5.74) is 8.07. The van der Waals surface area contributed by atoms with E-state index < -0.39 is 0 Å². The molecule has 0 saturated heterocycles. The molecule has 3 aliphatic rings. The highest BCUT2D eigenvalue weighted by atomic mass is 16.2. The van der Waals surface area contributed by atoms with Crippen molar-refractivity contribution in [3.63, 3.8) is 0 Å². The summed E-state index contributed by atoms with van der Waals surface area (Å²) in [5, 5.41) is 9.22. The lowest BCUT2D eigenvalue weighted by atomic mass is 9.85. The van der Waals surface area contributed by atoms with E-state index in [1.807, 2.05) is 56.0 Å². The van der Waals surface area contributed by atoms with Crippen molar-refractivity contribution in [1.82, 2.24) is 20.9 Å². The summed E-state index contributed by atoms with van der Waals surface area (Å²) >= 11 is 0. The number of urea groups is 1. The molecule has 1 aliphatic carbocycles. The number of amides is 4. The third-order valence-electron chi connectivity index (χ3n) is 8.22. The first-order valence-corrected chi connectivity index (χ1v) is 14.1. The number of benzene rings is 3. The summed E-state index contributed by atoms with van der Waals surface area (Å²) in [4.78, 5) is 40.4. The first kappa shape index (κ1) is 26.1. The Labute approximate surface area is 235 Å². The van der Waals surface area contributed by atoms with E-state index in [-0.39, 0.29) is 35.2 Å². The highest BCUT2D eigenvalue weighted by Gasteiger charge is 2.43.